The van der Waals surface area contributed by atoms with E-state index in [1.165, 1.54) is 0 Å². The number of nitriles is 1. The number of nitrogens with one attached hydrogen (secondary N) is 1. The van der Waals surface area contributed by atoms with Crippen LogP contribution in [-0.2, 0) is 17.3 Å². The summed E-state index contributed by atoms with van der Waals surface area (Å²) in [5.41, 5.74) is 1.85. The molecule has 1 aliphatic carbocycles. The molecule has 0 bridgehead atoms. The van der Waals surface area contributed by atoms with Gasteiger partial charge in [-0.3, -0.25) is 4.21 Å². The van der Waals surface area contributed by atoms with E-state index < -0.39 is 10.8 Å². The molecule has 0 unspecified atom stereocenters. The summed E-state index contributed by atoms with van der Waals surface area (Å²) in [5, 5.41) is 12.8. The molecule has 20 heavy (non-hydrogen) atoms. The molecular formula is C16H22N2OS. The number of hydrogen-bond donors (Lipinski definition) is 1. The fourth-order valence-electron chi connectivity index (χ4n) is 2.82. The fraction of sp³-hybridized carbons (Fsp3) is 0.562. The standard InChI is InChI=1S/C16H22N2OS/c1-2-20(19)16-8-4-7-15(10-16)18-12-14-6-3-5-13(9-14)11-17/h3,5-6,9,15-16,18H,2,4,7-8,10,12H2,1H3/t15-,16-,20+/m1/s1. The van der Waals surface area contributed by atoms with E-state index in [9.17, 15) is 4.21 Å². The monoisotopic (exact) mass is 290 g/mol. The molecule has 0 spiro atoms. The highest BCUT2D eigenvalue weighted by atomic mass is 32.2. The molecule has 1 aliphatic rings. The molecule has 1 aromatic carbocycles. The maximum absolute atomic E-state index is 11.9. The van der Waals surface area contributed by atoms with Crippen LogP contribution in [0.1, 0.15) is 43.7 Å². The van der Waals surface area contributed by atoms with Gasteiger partial charge in [-0.2, -0.15) is 5.26 Å². The quantitative estimate of drug-likeness (QED) is 0.907. The van der Waals surface area contributed by atoms with Gasteiger partial charge in [-0.15, -0.1) is 0 Å². The van der Waals surface area contributed by atoms with Crippen molar-refractivity contribution in [1.82, 2.24) is 5.32 Å². The van der Waals surface area contributed by atoms with Gasteiger partial charge in [-0.25, -0.2) is 0 Å². The molecule has 0 radical (unpaired) electrons. The molecule has 1 N–H and O–H groups in total. The van der Waals surface area contributed by atoms with Crippen LogP contribution in [0.2, 0.25) is 0 Å². The number of nitrogens with zero attached hydrogens (tertiary/aromatic N) is 1. The van der Waals surface area contributed by atoms with Crippen molar-refractivity contribution < 1.29 is 4.21 Å². The molecule has 1 fully saturated rings. The first-order chi connectivity index (χ1) is 9.72. The summed E-state index contributed by atoms with van der Waals surface area (Å²) in [6.45, 7) is 2.78. The Hall–Kier alpha value is -1.18. The second-order valence-electron chi connectivity index (χ2n) is 5.35. The van der Waals surface area contributed by atoms with Crippen molar-refractivity contribution in [1.29, 1.82) is 5.26 Å². The Morgan fingerprint density at radius 2 is 2.30 bits per heavy atom. The molecule has 0 aromatic heterocycles. The van der Waals surface area contributed by atoms with E-state index in [1.54, 1.807) is 0 Å². The molecule has 3 nitrogen and oxygen atoms in total. The lowest BCUT2D eigenvalue weighted by molar-refractivity contribution is 0.376. The zero-order chi connectivity index (χ0) is 14.4. The lowest BCUT2D eigenvalue weighted by Gasteiger charge is -2.29. The minimum absolute atomic E-state index is 0.358. The van der Waals surface area contributed by atoms with Crippen LogP contribution in [-0.4, -0.2) is 21.3 Å². The summed E-state index contributed by atoms with van der Waals surface area (Å²) < 4.78 is 11.9. The zero-order valence-electron chi connectivity index (χ0n) is 12.0. The molecule has 0 saturated heterocycles. The predicted octanol–water partition coefficient (Wildman–Crippen LogP) is 2.73. The molecule has 1 saturated carbocycles. The Bertz CT molecular complexity index is 509. The Labute approximate surface area is 123 Å². The van der Waals surface area contributed by atoms with Crippen LogP contribution >= 0.6 is 0 Å². The smallest absolute Gasteiger partial charge is 0.0991 e. The number of hydrogen-bond acceptors (Lipinski definition) is 3. The van der Waals surface area contributed by atoms with Crippen LogP contribution in [0.25, 0.3) is 0 Å². The Morgan fingerprint density at radius 3 is 3.05 bits per heavy atom. The minimum atomic E-state index is -0.670. The Morgan fingerprint density at radius 1 is 1.45 bits per heavy atom. The van der Waals surface area contributed by atoms with Crippen LogP contribution in [0, 0.1) is 11.3 Å². The van der Waals surface area contributed by atoms with E-state index in [-0.39, 0.29) is 0 Å². The minimum Gasteiger partial charge on any atom is -0.310 e. The molecule has 108 valence electrons. The van der Waals surface area contributed by atoms with Crippen LogP contribution in [0.4, 0.5) is 0 Å². The average Bonchev–Trinajstić information content (AvgIpc) is 2.52. The molecule has 1 aromatic rings. The highest BCUT2D eigenvalue weighted by Gasteiger charge is 2.24. The van der Waals surface area contributed by atoms with Crippen LogP contribution in [0.5, 0.6) is 0 Å². The van der Waals surface area contributed by atoms with Gasteiger partial charge in [0.25, 0.3) is 0 Å². The third kappa shape index (κ3) is 4.16. The van der Waals surface area contributed by atoms with Crippen molar-refractivity contribution >= 4 is 10.8 Å². The molecule has 0 amide bonds. The topological polar surface area (TPSA) is 52.9 Å². The molecule has 4 heteroatoms. The summed E-state index contributed by atoms with van der Waals surface area (Å²) in [7, 11) is -0.670. The van der Waals surface area contributed by atoms with Gasteiger partial charge in [0.2, 0.25) is 0 Å². The summed E-state index contributed by atoms with van der Waals surface area (Å²) >= 11 is 0. The van der Waals surface area contributed by atoms with E-state index in [1.807, 2.05) is 31.2 Å². The van der Waals surface area contributed by atoms with Crippen molar-refractivity contribution in [3.8, 4) is 6.07 Å². The van der Waals surface area contributed by atoms with Gasteiger partial charge < -0.3 is 5.32 Å². The van der Waals surface area contributed by atoms with E-state index in [0.717, 1.165) is 43.5 Å². The first-order valence-corrected chi connectivity index (χ1v) is 8.70. The Balaban J connectivity index is 1.87. The predicted molar refractivity (Wildman–Crippen MR) is 82.7 cm³/mol. The lowest BCUT2D eigenvalue weighted by atomic mass is 9.95. The van der Waals surface area contributed by atoms with Crippen molar-refractivity contribution in [3.63, 3.8) is 0 Å². The summed E-state index contributed by atoms with van der Waals surface area (Å²) in [4.78, 5) is 0. The first-order valence-electron chi connectivity index (χ1n) is 7.32. The summed E-state index contributed by atoms with van der Waals surface area (Å²) in [6, 6.07) is 10.3. The molecule has 3 atom stereocenters. The van der Waals surface area contributed by atoms with Gasteiger partial charge >= 0.3 is 0 Å². The number of rotatable bonds is 5. The average molecular weight is 290 g/mol. The van der Waals surface area contributed by atoms with Gasteiger partial charge in [0.05, 0.1) is 11.6 Å². The van der Waals surface area contributed by atoms with Crippen LogP contribution < -0.4 is 5.32 Å². The van der Waals surface area contributed by atoms with Crippen molar-refractivity contribution in [2.24, 2.45) is 0 Å². The SMILES string of the molecule is CC[S@](=O)[C@@H]1CCC[C@@H](NCc2cccc(C#N)c2)C1. The molecular weight excluding hydrogens is 268 g/mol. The molecule has 0 heterocycles. The van der Waals surface area contributed by atoms with Crippen LogP contribution in [0.3, 0.4) is 0 Å². The van der Waals surface area contributed by atoms with Crippen molar-refractivity contribution in [2.45, 2.75) is 50.4 Å². The third-order valence-corrected chi connectivity index (χ3v) is 5.67. The molecule has 0 aliphatic heterocycles. The van der Waals surface area contributed by atoms with Gasteiger partial charge in [0.15, 0.2) is 0 Å². The van der Waals surface area contributed by atoms with E-state index >= 15 is 0 Å². The Kier molecular flexibility index (Phi) is 5.75. The summed E-state index contributed by atoms with van der Waals surface area (Å²) in [5.74, 6) is 0.765. The van der Waals surface area contributed by atoms with E-state index in [0.29, 0.717) is 16.9 Å². The highest BCUT2D eigenvalue weighted by Crippen LogP contribution is 2.23. The fourth-order valence-corrected chi connectivity index (χ4v) is 4.17. The largest absolute Gasteiger partial charge is 0.310 e. The van der Waals surface area contributed by atoms with Gasteiger partial charge in [-0.1, -0.05) is 25.5 Å². The summed E-state index contributed by atoms with van der Waals surface area (Å²) in [6.07, 6.45) is 4.43. The molecule has 2 rings (SSSR count). The van der Waals surface area contributed by atoms with Gasteiger partial charge in [0, 0.05) is 34.4 Å². The zero-order valence-corrected chi connectivity index (χ0v) is 12.8. The first kappa shape index (κ1) is 15.2. The maximum atomic E-state index is 11.9. The number of benzene rings is 1. The van der Waals surface area contributed by atoms with E-state index in [2.05, 4.69) is 11.4 Å². The highest BCUT2D eigenvalue weighted by molar-refractivity contribution is 7.85. The van der Waals surface area contributed by atoms with Crippen LogP contribution in [0.15, 0.2) is 24.3 Å². The second kappa shape index (κ2) is 7.56. The van der Waals surface area contributed by atoms with Crippen molar-refractivity contribution in [2.75, 3.05) is 5.75 Å². The lowest BCUT2D eigenvalue weighted by Crippen LogP contribution is -2.37. The van der Waals surface area contributed by atoms with Gasteiger partial charge in [-0.05, 0) is 37.0 Å². The maximum Gasteiger partial charge on any atom is 0.0991 e. The van der Waals surface area contributed by atoms with E-state index in [4.69, 9.17) is 5.26 Å². The van der Waals surface area contributed by atoms with Crippen molar-refractivity contribution in [3.05, 3.63) is 35.4 Å². The normalized spacial score (nSPS) is 24.0. The second-order valence-corrected chi connectivity index (χ2v) is 7.35. The van der Waals surface area contributed by atoms with Gasteiger partial charge in [0.1, 0.15) is 0 Å². The third-order valence-electron chi connectivity index (χ3n) is 3.93.